The van der Waals surface area contributed by atoms with Crippen LogP contribution >= 0.6 is 0 Å². The molecule has 2 saturated heterocycles. The molecule has 15 heteroatoms. The Balaban J connectivity index is 0.825. The summed E-state index contributed by atoms with van der Waals surface area (Å²) in [5.41, 5.74) is 8.06. The first kappa shape index (κ1) is 55.6. The molecule has 15 nitrogen and oxygen atoms in total. The second-order valence-corrected chi connectivity index (χ2v) is 30.1. The monoisotopic (exact) mass is 1200 g/mol. The van der Waals surface area contributed by atoms with Crippen molar-refractivity contribution in [2.24, 2.45) is 28.1 Å². The number of ketones is 1. The number of piperidine rings is 1. The number of aliphatic hydroxyl groups excluding tert-OH is 2. The second kappa shape index (κ2) is 19.7. The number of carbonyl (C=O) groups is 2. The average molecular weight is 1200 g/mol. The Bertz CT molecular complexity index is 4030. The number of hydrogen-bond acceptors (Lipinski definition) is 13. The van der Waals surface area contributed by atoms with E-state index in [0.29, 0.717) is 51.9 Å². The molecular weight excluding hydrogens is 1120 g/mol. The van der Waals surface area contributed by atoms with E-state index in [1.54, 1.807) is 24.1 Å². The Hall–Kier alpha value is -6.22. The van der Waals surface area contributed by atoms with Crippen LogP contribution in [0.3, 0.4) is 0 Å². The lowest BCUT2D eigenvalue weighted by Crippen LogP contribution is -2.70. The Morgan fingerprint density at radius 3 is 2.61 bits per heavy atom. The number of benzene rings is 4. The molecule has 0 radical (unpaired) electrons. The number of hydrogen-bond donors (Lipinski definition) is 7. The summed E-state index contributed by atoms with van der Waals surface area (Å²) in [6, 6.07) is 10.2. The van der Waals surface area contributed by atoms with Crippen LogP contribution in [0.2, 0.25) is 0 Å². The van der Waals surface area contributed by atoms with Crippen LogP contribution in [0, 0.1) is 40.1 Å². The first-order valence-corrected chi connectivity index (χ1v) is 33.6. The fraction of sp³-hybridized carbons (Fsp3) is 0.568. The zero-order valence-corrected chi connectivity index (χ0v) is 50.9. The average Bonchev–Trinajstić information content (AvgIpc) is 1.87. The molecule has 89 heavy (non-hydrogen) atoms. The number of aromatic nitrogens is 1. The van der Waals surface area contributed by atoms with Crippen molar-refractivity contribution in [3.63, 3.8) is 0 Å². The summed E-state index contributed by atoms with van der Waals surface area (Å²) in [6.45, 7) is 0.887. The minimum atomic E-state index is -2.48. The van der Waals surface area contributed by atoms with Gasteiger partial charge in [-0.25, -0.2) is 0 Å². The number of ether oxygens (including phenoxy) is 5. The SMILES string of the molecule is COc1c2c3c4c(O)c(c5c6c4c1CCC6=C[C@@H]1CCC[C@@H]51)C(=O)CN1Cc4c(cccc4C1=O)CC#CO[C@H]1[C@H](O)[C@@H](CO[C@@H](c4c[nH]c5cc6c(cc45)[C@@]4(CC6)C[C@]5(O)CCC[C@@H]5C[C@]45CC[C@]4(CCC6(CCNCC6)C4)C5)/C=C/2)O[C@H](O3)[C@@]1(O)CO. The van der Waals surface area contributed by atoms with E-state index >= 15 is 4.79 Å². The number of rotatable bonds is 3. The third kappa shape index (κ3) is 7.77. The largest absolute Gasteiger partial charge is 0.506 e. The van der Waals surface area contributed by atoms with Crippen molar-refractivity contribution in [1.82, 2.24) is 15.2 Å². The molecule has 5 aliphatic heterocycles. The van der Waals surface area contributed by atoms with E-state index < -0.39 is 54.3 Å². The standard InChI is InChI=1S/C74H81N3O12/c1-85-64-47-13-12-43-28-41-7-3-10-45(41)58-57(43)59(47)61-63(81)60(58)54(79)34-77-33-51-40(6-2-11-46(51)67(77)82)8-5-27-86-66-62(80)56-35-87-55(15-14-48(64)65(61)89-68(88-56)74(66,84)39-78)50-32-76-53-29-42-16-18-72(52(42)30-49(50)53)38-73(83)17-4-9-44(73)31-71(72)22-21-70(37-71)20-19-69(36-70)23-25-75-26-24-69/h2,6,11,14-15,28-30,32,41,44-45,55-56,62,66,68,75-76,78,80-81,83-84H,3-4,7-10,12-13,16-26,31,33-39H2,1H3/b15-14+/t41-,44+,45+,55+,56+,62+,66-,68+,70-,71-,72+,73+,74+/m0/s1. The van der Waals surface area contributed by atoms with E-state index in [4.69, 9.17) is 23.7 Å². The highest BCUT2D eigenvalue weighted by molar-refractivity contribution is 6.17. The van der Waals surface area contributed by atoms with Crippen molar-refractivity contribution in [3.05, 3.63) is 110 Å². The van der Waals surface area contributed by atoms with Crippen molar-refractivity contribution >= 4 is 45.0 Å². The number of nitrogens with zero attached hydrogens (tertiary/aromatic N) is 1. The molecule has 13 atom stereocenters. The summed E-state index contributed by atoms with van der Waals surface area (Å²) in [7, 11) is 1.62. The highest BCUT2D eigenvalue weighted by Crippen LogP contribution is 2.75. The number of methoxy groups -OCH3 is 1. The molecular formula is C74H81N3O12. The first-order chi connectivity index (χ1) is 43.2. The molecule has 0 unspecified atom stereocenters. The van der Waals surface area contributed by atoms with E-state index in [9.17, 15) is 30.3 Å². The van der Waals surface area contributed by atoms with Gasteiger partial charge in [-0.3, -0.25) is 9.59 Å². The van der Waals surface area contributed by atoms with Gasteiger partial charge in [0.15, 0.2) is 17.5 Å². The van der Waals surface area contributed by atoms with Gasteiger partial charge in [-0.1, -0.05) is 43.0 Å². The number of phenolic OH excluding ortho intramolecular Hbond substituents is 1. The Morgan fingerprint density at radius 2 is 1.74 bits per heavy atom. The maximum Gasteiger partial charge on any atom is 0.254 e. The van der Waals surface area contributed by atoms with Crippen LogP contribution in [-0.2, 0) is 45.4 Å². The number of aromatic hydroxyl groups is 1. The van der Waals surface area contributed by atoms with Crippen LogP contribution in [0.15, 0.2) is 48.7 Å². The zero-order chi connectivity index (χ0) is 60.1. The maximum absolute atomic E-state index is 15.7. The number of H-pyrrole nitrogens is 1. The predicted molar refractivity (Wildman–Crippen MR) is 332 cm³/mol. The highest BCUT2D eigenvalue weighted by Gasteiger charge is 2.69. The van der Waals surface area contributed by atoms with Crippen LogP contribution in [0.5, 0.6) is 17.2 Å². The van der Waals surface area contributed by atoms with Gasteiger partial charge in [0, 0.05) is 57.6 Å². The fourth-order valence-electron chi connectivity index (χ4n) is 22.0. The van der Waals surface area contributed by atoms with E-state index in [2.05, 4.69) is 40.5 Å². The van der Waals surface area contributed by atoms with Crippen molar-refractivity contribution in [2.45, 2.75) is 195 Å². The van der Waals surface area contributed by atoms with Gasteiger partial charge in [0.05, 0.1) is 49.0 Å². The number of allylic oxidation sites excluding steroid dienone is 2. The molecule has 464 valence electrons. The van der Waals surface area contributed by atoms with Crippen molar-refractivity contribution in [1.29, 1.82) is 0 Å². The summed E-state index contributed by atoms with van der Waals surface area (Å²) < 4.78 is 33.9. The number of aromatic amines is 1. The number of phenols is 1. The lowest BCUT2D eigenvalue weighted by molar-refractivity contribution is -0.328. The van der Waals surface area contributed by atoms with Crippen LogP contribution in [0.4, 0.5) is 0 Å². The van der Waals surface area contributed by atoms with Gasteiger partial charge in [-0.15, -0.1) is 0 Å². The smallest absolute Gasteiger partial charge is 0.254 e. The highest BCUT2D eigenvalue weighted by atomic mass is 16.7. The lowest BCUT2D eigenvalue weighted by atomic mass is 9.47. The van der Waals surface area contributed by atoms with Gasteiger partial charge in [0.1, 0.15) is 41.7 Å². The lowest BCUT2D eigenvalue weighted by Gasteiger charge is -2.58. The number of carbonyl (C=O) groups excluding carboxylic acids is 2. The maximum atomic E-state index is 15.7. The van der Waals surface area contributed by atoms with Crippen LogP contribution < -0.4 is 14.8 Å². The third-order valence-corrected chi connectivity index (χ3v) is 26.1. The van der Waals surface area contributed by atoms with E-state index in [1.165, 1.54) is 62.5 Å². The molecule has 7 fully saturated rings. The molecule has 18 rings (SSSR count). The molecule has 1 aromatic heterocycles. The Labute approximate surface area is 518 Å². The molecule has 7 N–H and O–H groups in total. The minimum Gasteiger partial charge on any atom is -0.506 e. The molecule has 1 amide bonds. The molecule has 8 bridgehead atoms. The third-order valence-electron chi connectivity index (χ3n) is 26.1. The number of nitrogens with one attached hydrogen (secondary N) is 2. The van der Waals surface area contributed by atoms with Gasteiger partial charge in [-0.2, -0.15) is 0 Å². The molecule has 13 aliphatic rings. The summed E-state index contributed by atoms with van der Waals surface area (Å²) in [5.74, 6) is 2.97. The van der Waals surface area contributed by atoms with Gasteiger partial charge in [0.25, 0.3) is 5.91 Å². The van der Waals surface area contributed by atoms with E-state index in [1.807, 2.05) is 24.4 Å². The van der Waals surface area contributed by atoms with E-state index in [0.717, 1.165) is 127 Å². The van der Waals surface area contributed by atoms with Crippen LogP contribution in [0.1, 0.15) is 198 Å². The first-order valence-electron chi connectivity index (χ1n) is 33.6. The molecule has 6 heterocycles. The molecule has 8 aliphatic carbocycles. The van der Waals surface area contributed by atoms with E-state index in [-0.39, 0.29) is 77.1 Å². The van der Waals surface area contributed by atoms with Crippen LogP contribution in [0.25, 0.3) is 33.3 Å². The number of Topliss-reactive ketones (excluding diaryl/α,β-unsaturated/α-hetero) is 1. The Kier molecular flexibility index (Phi) is 12.3. The normalized spacial score (nSPS) is 37.2. The number of aryl methyl sites for hydroxylation is 2. The van der Waals surface area contributed by atoms with Crippen molar-refractivity contribution in [3.8, 4) is 29.3 Å². The van der Waals surface area contributed by atoms with Gasteiger partial charge in [-0.05, 0) is 226 Å². The van der Waals surface area contributed by atoms with Crippen molar-refractivity contribution < 1.29 is 58.8 Å². The molecule has 4 spiro atoms. The topological polar surface area (TPSA) is 212 Å². The molecule has 4 aromatic carbocycles. The second-order valence-electron chi connectivity index (χ2n) is 30.1. The summed E-state index contributed by atoms with van der Waals surface area (Å²) in [6.07, 6.45) is 25.0. The Morgan fingerprint density at radius 1 is 0.876 bits per heavy atom. The number of aliphatic hydroxyl groups is 4. The summed E-state index contributed by atoms with van der Waals surface area (Å²) >= 11 is 0. The predicted octanol–water partition coefficient (Wildman–Crippen LogP) is 10.2. The van der Waals surface area contributed by atoms with Gasteiger partial charge >= 0.3 is 0 Å². The summed E-state index contributed by atoms with van der Waals surface area (Å²) in [4.78, 5) is 35.3. The number of amides is 1. The molecule has 5 saturated carbocycles. The number of fused-ring (bicyclic) bond motifs is 12. The quantitative estimate of drug-likeness (QED) is 0.0840. The molecule has 5 aromatic rings. The van der Waals surface area contributed by atoms with Gasteiger partial charge < -0.3 is 64.4 Å². The zero-order valence-electron chi connectivity index (χ0n) is 50.9. The summed E-state index contributed by atoms with van der Waals surface area (Å²) in [5, 5.41) is 69.1. The minimum absolute atomic E-state index is 0.0287. The van der Waals surface area contributed by atoms with Gasteiger partial charge in [0.2, 0.25) is 6.29 Å². The van der Waals surface area contributed by atoms with Crippen LogP contribution in [-0.4, -0.2) is 123 Å². The fourth-order valence-corrected chi connectivity index (χ4v) is 22.0. The van der Waals surface area contributed by atoms with Crippen molar-refractivity contribution in [2.75, 3.05) is 40.0 Å².